The Morgan fingerprint density at radius 2 is 1.23 bits per heavy atom. The van der Waals surface area contributed by atoms with Gasteiger partial charge in [-0.1, -0.05) is 31.9 Å². The summed E-state index contributed by atoms with van der Waals surface area (Å²) in [5.74, 6) is 2.99. The lowest BCUT2D eigenvalue weighted by Crippen LogP contribution is -2.47. The highest BCUT2D eigenvalue weighted by Gasteiger charge is 2.39. The number of aryl methyl sites for hydroxylation is 2. The number of aromatic nitrogens is 6. The number of fused-ring (bicyclic) bond motifs is 4. The number of carbonyl (C=O) groups is 2. The van der Waals surface area contributed by atoms with E-state index < -0.39 is 0 Å². The molecule has 2 amide bonds. The highest BCUT2D eigenvalue weighted by Crippen LogP contribution is 2.29. The van der Waals surface area contributed by atoms with Gasteiger partial charge in [0.15, 0.2) is 13.2 Å². The lowest BCUT2D eigenvalue weighted by atomic mass is 10.2. The van der Waals surface area contributed by atoms with Crippen LogP contribution in [-0.4, -0.2) is 129 Å². The van der Waals surface area contributed by atoms with Gasteiger partial charge in [-0.3, -0.25) is 14.5 Å². The second kappa shape index (κ2) is 19.6. The van der Waals surface area contributed by atoms with Crippen LogP contribution < -0.4 is 35.2 Å². The van der Waals surface area contributed by atoms with Crippen LogP contribution in [0.15, 0.2) is 81.7 Å². The number of aliphatic hydroxyl groups excluding tert-OH is 1. The fourth-order valence-corrected chi connectivity index (χ4v) is 8.06. The molecule has 0 aliphatic carbocycles. The lowest BCUT2D eigenvalue weighted by Gasteiger charge is -2.34. The van der Waals surface area contributed by atoms with Crippen LogP contribution in [0.4, 0.5) is 23.5 Å². The smallest absolute Gasteiger partial charge is 0.263 e. The third kappa shape index (κ3) is 10.7. The Morgan fingerprint density at radius 1 is 0.710 bits per heavy atom. The molecule has 19 heteroatoms. The number of benzene rings is 2. The maximum atomic E-state index is 12.3. The molecule has 2 atom stereocenters. The standard InChI is InChI=1S/C22H25BrN6O3.C21H21BrN6O2/c1-15-21-18(25-22(24-15)29-10-8-28(9-11-29)12-13-30)6-7-19(27-21)26-20(31)14-32-17-4-2-16(23)3-5-17;1-12-20-17(25-21(24-12)28-10-14-8-15(28)9-23-14)6-7-18(27-20)26-19(29)11-30-16-4-2-13(22)3-5-16/h2-7,30H,8-14H2,1H3,(H,26,27,31);2-7,14-15,23H,8-11H2,1H3,(H,26,27,29). The van der Waals surface area contributed by atoms with Crippen molar-refractivity contribution in [3.63, 3.8) is 0 Å². The number of aliphatic hydroxyl groups is 1. The monoisotopic (exact) mass is 968 g/mol. The molecule has 2 unspecified atom stereocenters. The van der Waals surface area contributed by atoms with Gasteiger partial charge in [-0.25, -0.2) is 29.9 Å². The number of anilines is 4. The van der Waals surface area contributed by atoms with Gasteiger partial charge in [0.2, 0.25) is 11.9 Å². The fraction of sp³-hybridized carbons (Fsp3) is 0.349. The van der Waals surface area contributed by atoms with Crippen LogP contribution in [0.25, 0.3) is 22.1 Å². The SMILES string of the molecule is Cc1nc(N2CC3CC2CN3)nc2ccc(NC(=O)COc3ccc(Br)cc3)nc12.Cc1nc(N2CCN(CCO)CC2)nc2ccc(NC(=O)COc3ccc(Br)cc3)nc12. The minimum Gasteiger partial charge on any atom is -0.484 e. The van der Waals surface area contributed by atoms with Crippen molar-refractivity contribution in [2.24, 2.45) is 0 Å². The fourth-order valence-electron chi connectivity index (χ4n) is 7.53. The Bertz CT molecular complexity index is 2550. The average Bonchev–Trinajstić information content (AvgIpc) is 3.92. The van der Waals surface area contributed by atoms with E-state index in [1.807, 2.05) is 50.2 Å². The zero-order valence-corrected chi connectivity index (χ0v) is 37.4. The van der Waals surface area contributed by atoms with Crippen LogP contribution in [-0.2, 0) is 9.59 Å². The Balaban J connectivity index is 0.000000171. The number of piperazine rings is 2. The number of nitrogens with one attached hydrogen (secondary N) is 3. The van der Waals surface area contributed by atoms with Crippen LogP contribution in [0.2, 0.25) is 0 Å². The van der Waals surface area contributed by atoms with Gasteiger partial charge >= 0.3 is 0 Å². The van der Waals surface area contributed by atoms with Gasteiger partial charge < -0.3 is 40.3 Å². The van der Waals surface area contributed by atoms with Crippen molar-refractivity contribution in [3.8, 4) is 11.5 Å². The lowest BCUT2D eigenvalue weighted by molar-refractivity contribution is -0.118. The van der Waals surface area contributed by atoms with Crippen LogP contribution in [0, 0.1) is 13.8 Å². The van der Waals surface area contributed by atoms with E-state index in [2.05, 4.69) is 87.4 Å². The predicted molar refractivity (Wildman–Crippen MR) is 244 cm³/mol. The largest absolute Gasteiger partial charge is 0.484 e. The minimum atomic E-state index is -0.296. The molecule has 4 aromatic heterocycles. The summed E-state index contributed by atoms with van der Waals surface area (Å²) < 4.78 is 12.9. The van der Waals surface area contributed by atoms with Crippen LogP contribution in [0.5, 0.6) is 11.5 Å². The van der Waals surface area contributed by atoms with Gasteiger partial charge in [0.25, 0.3) is 11.8 Å². The molecule has 6 aromatic rings. The minimum absolute atomic E-state index is 0.0959. The van der Waals surface area contributed by atoms with Crippen molar-refractivity contribution in [1.29, 1.82) is 0 Å². The molecule has 0 saturated carbocycles. The summed E-state index contributed by atoms with van der Waals surface area (Å²) in [5, 5.41) is 18.1. The number of amides is 2. The molecule has 322 valence electrons. The predicted octanol–water partition coefficient (Wildman–Crippen LogP) is 4.89. The summed E-state index contributed by atoms with van der Waals surface area (Å²) in [6.45, 7) is 9.76. The second-order valence-electron chi connectivity index (χ2n) is 15.1. The number of β-amino-alcohol motifs (C(OH)–C–C–N with tert-alkyl or cyclic N) is 1. The number of hydrogen-bond donors (Lipinski definition) is 4. The summed E-state index contributed by atoms with van der Waals surface area (Å²) >= 11 is 6.73. The van der Waals surface area contributed by atoms with E-state index >= 15 is 0 Å². The Hall–Kier alpha value is -5.60. The highest BCUT2D eigenvalue weighted by molar-refractivity contribution is 9.10. The first kappa shape index (κ1) is 43.1. The third-order valence-corrected chi connectivity index (χ3v) is 11.8. The molecule has 17 nitrogen and oxygen atoms in total. The summed E-state index contributed by atoms with van der Waals surface area (Å²) in [5.41, 5.74) is 4.40. The van der Waals surface area contributed by atoms with E-state index in [-0.39, 0.29) is 31.6 Å². The molecule has 3 aliphatic rings. The molecule has 0 spiro atoms. The number of pyridine rings is 2. The van der Waals surface area contributed by atoms with E-state index in [1.54, 1.807) is 36.4 Å². The molecule has 3 saturated heterocycles. The van der Waals surface area contributed by atoms with Gasteiger partial charge in [-0.2, -0.15) is 0 Å². The zero-order chi connectivity index (χ0) is 43.2. The third-order valence-electron chi connectivity index (χ3n) is 10.7. The summed E-state index contributed by atoms with van der Waals surface area (Å²) in [6.07, 6.45) is 1.14. The number of rotatable bonds is 12. The average molecular weight is 971 g/mol. The quantitative estimate of drug-likeness (QED) is 0.129. The molecular weight excluding hydrogens is 924 g/mol. The first-order valence-electron chi connectivity index (χ1n) is 20.3. The van der Waals surface area contributed by atoms with Crippen molar-refractivity contribution < 1.29 is 24.2 Å². The van der Waals surface area contributed by atoms with Gasteiger partial charge in [0.1, 0.15) is 34.2 Å². The normalized spacial score (nSPS) is 17.2. The molecular formula is C43H46Br2N12O5. The summed E-state index contributed by atoms with van der Waals surface area (Å²) in [4.78, 5) is 59.0. The van der Waals surface area contributed by atoms with E-state index in [0.717, 1.165) is 83.0 Å². The first-order valence-corrected chi connectivity index (χ1v) is 21.9. The van der Waals surface area contributed by atoms with Gasteiger partial charge in [0, 0.05) is 66.8 Å². The second-order valence-corrected chi connectivity index (χ2v) is 17.0. The number of hydrogen-bond acceptors (Lipinski definition) is 15. The molecule has 0 radical (unpaired) electrons. The highest BCUT2D eigenvalue weighted by atomic mass is 79.9. The van der Waals surface area contributed by atoms with Crippen molar-refractivity contribution in [2.75, 3.05) is 86.1 Å². The van der Waals surface area contributed by atoms with Crippen LogP contribution in [0.1, 0.15) is 17.8 Å². The molecule has 3 aliphatic heterocycles. The van der Waals surface area contributed by atoms with E-state index in [9.17, 15) is 9.59 Å². The number of ether oxygens (including phenoxy) is 2. The number of halogens is 2. The van der Waals surface area contributed by atoms with E-state index in [1.165, 1.54) is 0 Å². The topological polar surface area (TPSA) is 196 Å². The van der Waals surface area contributed by atoms with Crippen molar-refractivity contribution in [3.05, 3.63) is 93.1 Å². The summed E-state index contributed by atoms with van der Waals surface area (Å²) in [6, 6.07) is 22.8. The molecule has 9 rings (SSSR count). The van der Waals surface area contributed by atoms with Crippen molar-refractivity contribution in [1.82, 2.24) is 40.1 Å². The molecule has 7 heterocycles. The number of carbonyl (C=O) groups excluding carboxylic acids is 2. The molecule has 2 bridgehead atoms. The van der Waals surface area contributed by atoms with Crippen LogP contribution >= 0.6 is 31.9 Å². The van der Waals surface area contributed by atoms with Gasteiger partial charge in [-0.05, 0) is 93.1 Å². The molecule has 2 aromatic carbocycles. The Kier molecular flexibility index (Phi) is 13.6. The zero-order valence-electron chi connectivity index (χ0n) is 34.2. The molecule has 3 fully saturated rings. The van der Waals surface area contributed by atoms with Crippen molar-refractivity contribution >= 4 is 89.3 Å². The summed E-state index contributed by atoms with van der Waals surface area (Å²) in [7, 11) is 0. The van der Waals surface area contributed by atoms with E-state index in [0.29, 0.717) is 58.7 Å². The first-order chi connectivity index (χ1) is 30.1. The Labute approximate surface area is 374 Å². The maximum absolute atomic E-state index is 12.3. The maximum Gasteiger partial charge on any atom is 0.263 e. The Morgan fingerprint density at radius 3 is 1.71 bits per heavy atom. The van der Waals surface area contributed by atoms with Gasteiger partial charge in [-0.15, -0.1) is 0 Å². The van der Waals surface area contributed by atoms with Crippen LogP contribution in [0.3, 0.4) is 0 Å². The molecule has 4 N–H and O–H groups in total. The van der Waals surface area contributed by atoms with E-state index in [4.69, 9.17) is 19.6 Å². The number of nitrogens with zero attached hydrogens (tertiary/aromatic N) is 9. The molecule has 62 heavy (non-hydrogen) atoms. The van der Waals surface area contributed by atoms with Crippen molar-refractivity contribution in [2.45, 2.75) is 32.4 Å². The van der Waals surface area contributed by atoms with Gasteiger partial charge in [0.05, 0.1) is 29.0 Å².